The van der Waals surface area contributed by atoms with E-state index in [4.69, 9.17) is 21.7 Å². The molecule has 0 saturated heterocycles. The molecule has 0 unspecified atom stereocenters. The van der Waals surface area contributed by atoms with Crippen LogP contribution in [-0.4, -0.2) is 22.2 Å². The van der Waals surface area contributed by atoms with E-state index in [2.05, 4.69) is 4.99 Å². The number of benzene rings is 2. The molecule has 0 bridgehead atoms. The standard InChI is InChI=1S/C21H16N2O3S2/c1-12-15(14-4-2-3-5-16(14)22-12)9-19-20(24)23(21(27)28-19)10-13-6-7-17-18(8-13)26-11-25-17/h2-9,24H,10-11H2,1H3/b15-9+. The summed E-state index contributed by atoms with van der Waals surface area (Å²) in [4.78, 5) is 5.33. The third-order valence-corrected chi connectivity index (χ3v) is 6.20. The molecule has 3 aromatic rings. The summed E-state index contributed by atoms with van der Waals surface area (Å²) in [5.41, 5.74) is 4.95. The maximum atomic E-state index is 10.8. The van der Waals surface area contributed by atoms with Gasteiger partial charge in [-0.3, -0.25) is 9.56 Å². The number of allylic oxidation sites excluding steroid dienone is 1. The van der Waals surface area contributed by atoms with Gasteiger partial charge in [-0.05, 0) is 49.0 Å². The van der Waals surface area contributed by atoms with E-state index in [1.807, 2.05) is 55.5 Å². The highest BCUT2D eigenvalue weighted by atomic mass is 32.1. The molecule has 5 nitrogen and oxygen atoms in total. The highest BCUT2D eigenvalue weighted by Gasteiger charge is 2.20. The number of rotatable bonds is 3. The van der Waals surface area contributed by atoms with Gasteiger partial charge in [-0.15, -0.1) is 11.3 Å². The van der Waals surface area contributed by atoms with Gasteiger partial charge < -0.3 is 14.6 Å². The predicted octanol–water partition coefficient (Wildman–Crippen LogP) is 5.41. The van der Waals surface area contributed by atoms with Gasteiger partial charge >= 0.3 is 0 Å². The number of aromatic hydroxyl groups is 1. The van der Waals surface area contributed by atoms with Crippen molar-refractivity contribution in [3.05, 3.63) is 62.4 Å². The number of aliphatic imine (C=N–C) groups is 1. The van der Waals surface area contributed by atoms with E-state index in [-0.39, 0.29) is 12.7 Å². The fraction of sp³-hybridized carbons (Fsp3) is 0.143. The Hall–Kier alpha value is -2.90. The van der Waals surface area contributed by atoms with Crippen LogP contribution in [0.2, 0.25) is 0 Å². The molecule has 2 aliphatic rings. The number of hydrogen-bond acceptors (Lipinski definition) is 6. The number of para-hydroxylation sites is 1. The summed E-state index contributed by atoms with van der Waals surface area (Å²) in [5, 5.41) is 10.8. The van der Waals surface area contributed by atoms with Crippen molar-refractivity contribution in [1.82, 2.24) is 4.57 Å². The van der Waals surface area contributed by atoms with Crippen LogP contribution in [0.3, 0.4) is 0 Å². The van der Waals surface area contributed by atoms with Gasteiger partial charge in [0.2, 0.25) is 12.7 Å². The molecule has 0 atom stereocenters. The topological polar surface area (TPSA) is 56.0 Å². The Morgan fingerprint density at radius 3 is 2.93 bits per heavy atom. The average molecular weight is 409 g/mol. The van der Waals surface area contributed by atoms with Crippen molar-refractivity contribution < 1.29 is 14.6 Å². The first-order valence-electron chi connectivity index (χ1n) is 8.78. The second-order valence-electron chi connectivity index (χ2n) is 6.60. The molecule has 7 heteroatoms. The first kappa shape index (κ1) is 17.2. The molecule has 5 rings (SSSR count). The van der Waals surface area contributed by atoms with E-state index in [9.17, 15) is 5.11 Å². The molecule has 2 aromatic carbocycles. The maximum Gasteiger partial charge on any atom is 0.231 e. The number of aromatic nitrogens is 1. The van der Waals surface area contributed by atoms with Crippen LogP contribution in [0.5, 0.6) is 17.4 Å². The number of thiazole rings is 1. The Kier molecular flexibility index (Phi) is 4.07. The first-order chi connectivity index (χ1) is 13.6. The highest BCUT2D eigenvalue weighted by molar-refractivity contribution is 7.73. The summed E-state index contributed by atoms with van der Waals surface area (Å²) in [6.45, 7) is 2.68. The first-order valence-corrected chi connectivity index (χ1v) is 10.0. The second kappa shape index (κ2) is 6.61. The molecule has 0 aliphatic carbocycles. The third kappa shape index (κ3) is 2.83. The molecule has 0 radical (unpaired) electrons. The van der Waals surface area contributed by atoms with Crippen molar-refractivity contribution in [2.45, 2.75) is 13.5 Å². The van der Waals surface area contributed by atoms with E-state index < -0.39 is 0 Å². The SMILES string of the molecule is CC1=Nc2ccccc2/C1=C/c1sc(=S)n(Cc2ccc3c(c2)OCO3)c1O. The summed E-state index contributed by atoms with van der Waals surface area (Å²) >= 11 is 6.90. The summed E-state index contributed by atoms with van der Waals surface area (Å²) in [5.74, 6) is 1.62. The van der Waals surface area contributed by atoms with Gasteiger partial charge in [0, 0.05) is 16.8 Å². The molecule has 2 aliphatic heterocycles. The van der Waals surface area contributed by atoms with Crippen molar-refractivity contribution in [2.75, 3.05) is 6.79 Å². The Balaban J connectivity index is 1.51. The minimum atomic E-state index is 0.164. The summed E-state index contributed by atoms with van der Waals surface area (Å²) < 4.78 is 13.1. The summed E-state index contributed by atoms with van der Waals surface area (Å²) in [6, 6.07) is 13.8. The zero-order valence-electron chi connectivity index (χ0n) is 15.0. The molecule has 0 saturated carbocycles. The van der Waals surface area contributed by atoms with Crippen LogP contribution in [-0.2, 0) is 6.54 Å². The van der Waals surface area contributed by atoms with E-state index in [1.165, 1.54) is 11.3 Å². The molecule has 28 heavy (non-hydrogen) atoms. The lowest BCUT2D eigenvalue weighted by Crippen LogP contribution is -1.99. The van der Waals surface area contributed by atoms with Crippen LogP contribution in [0.15, 0.2) is 47.5 Å². The molecule has 3 heterocycles. The molecule has 0 fully saturated rings. The van der Waals surface area contributed by atoms with Crippen LogP contribution in [0.1, 0.15) is 22.9 Å². The van der Waals surface area contributed by atoms with Crippen molar-refractivity contribution in [2.24, 2.45) is 4.99 Å². The number of nitrogens with zero attached hydrogens (tertiary/aromatic N) is 2. The van der Waals surface area contributed by atoms with E-state index >= 15 is 0 Å². The van der Waals surface area contributed by atoms with Crippen molar-refractivity contribution >= 4 is 46.6 Å². The van der Waals surface area contributed by atoms with Crippen molar-refractivity contribution in [3.8, 4) is 17.4 Å². The lowest BCUT2D eigenvalue weighted by atomic mass is 10.0. The average Bonchev–Trinajstić information content (AvgIpc) is 3.35. The molecule has 140 valence electrons. The fourth-order valence-electron chi connectivity index (χ4n) is 3.42. The second-order valence-corrected chi connectivity index (χ2v) is 8.28. The van der Waals surface area contributed by atoms with Crippen LogP contribution in [0.25, 0.3) is 11.6 Å². The lowest BCUT2D eigenvalue weighted by molar-refractivity contribution is 0.174. The van der Waals surface area contributed by atoms with Gasteiger partial charge in [0.05, 0.1) is 17.1 Å². The Bertz CT molecular complexity index is 1220. The number of ether oxygens (including phenoxy) is 2. The Labute approximate surface area is 170 Å². The largest absolute Gasteiger partial charge is 0.493 e. The van der Waals surface area contributed by atoms with Gasteiger partial charge in [-0.2, -0.15) is 0 Å². The van der Waals surface area contributed by atoms with Gasteiger partial charge in [0.1, 0.15) is 0 Å². The fourth-order valence-corrected chi connectivity index (χ4v) is 4.67. The minimum absolute atomic E-state index is 0.164. The Morgan fingerprint density at radius 1 is 1.21 bits per heavy atom. The lowest BCUT2D eigenvalue weighted by Gasteiger charge is -2.06. The Morgan fingerprint density at radius 2 is 2.04 bits per heavy atom. The highest BCUT2D eigenvalue weighted by Crippen LogP contribution is 2.39. The molecule has 1 N–H and O–H groups in total. The molecule has 1 aromatic heterocycles. The zero-order chi connectivity index (χ0) is 19.3. The van der Waals surface area contributed by atoms with E-state index in [0.717, 1.165) is 44.5 Å². The van der Waals surface area contributed by atoms with Crippen molar-refractivity contribution in [3.63, 3.8) is 0 Å². The monoisotopic (exact) mass is 408 g/mol. The summed E-state index contributed by atoms with van der Waals surface area (Å²) in [7, 11) is 0. The van der Waals surface area contributed by atoms with Gasteiger partial charge in [-0.1, -0.05) is 24.3 Å². The summed E-state index contributed by atoms with van der Waals surface area (Å²) in [6.07, 6.45) is 1.97. The van der Waals surface area contributed by atoms with Crippen LogP contribution in [0.4, 0.5) is 5.69 Å². The van der Waals surface area contributed by atoms with Gasteiger partial charge in [0.15, 0.2) is 15.5 Å². The molecular weight excluding hydrogens is 392 g/mol. The molecule has 0 amide bonds. The number of hydrogen-bond donors (Lipinski definition) is 1. The maximum absolute atomic E-state index is 10.8. The predicted molar refractivity (Wildman–Crippen MR) is 114 cm³/mol. The quantitative estimate of drug-likeness (QED) is 0.589. The molecular formula is C21H16N2O3S2. The zero-order valence-corrected chi connectivity index (χ0v) is 16.6. The smallest absolute Gasteiger partial charge is 0.231 e. The van der Waals surface area contributed by atoms with E-state index in [0.29, 0.717) is 10.5 Å². The van der Waals surface area contributed by atoms with Gasteiger partial charge in [0.25, 0.3) is 0 Å². The number of fused-ring (bicyclic) bond motifs is 2. The minimum Gasteiger partial charge on any atom is -0.493 e. The molecule has 0 spiro atoms. The van der Waals surface area contributed by atoms with Crippen molar-refractivity contribution in [1.29, 1.82) is 0 Å². The van der Waals surface area contributed by atoms with Crippen LogP contribution < -0.4 is 9.47 Å². The third-order valence-electron chi connectivity index (χ3n) is 4.82. The van der Waals surface area contributed by atoms with Crippen LogP contribution in [0, 0.1) is 3.95 Å². The van der Waals surface area contributed by atoms with E-state index in [1.54, 1.807) is 4.57 Å². The van der Waals surface area contributed by atoms with Gasteiger partial charge in [-0.25, -0.2) is 0 Å². The normalized spacial score (nSPS) is 15.8. The van der Waals surface area contributed by atoms with Crippen LogP contribution >= 0.6 is 23.6 Å².